The van der Waals surface area contributed by atoms with Gasteiger partial charge in [0, 0.05) is 32.2 Å². The minimum Gasteiger partial charge on any atom is -0.395 e. The zero-order valence-corrected chi connectivity index (χ0v) is 11.5. The molecule has 8 heteroatoms. The van der Waals surface area contributed by atoms with Crippen molar-refractivity contribution in [3.05, 3.63) is 30.9 Å². The van der Waals surface area contributed by atoms with Crippen LogP contribution in [0, 0.1) is 0 Å². The molecule has 0 amide bonds. The molecule has 0 bridgehead atoms. The Morgan fingerprint density at radius 1 is 1.24 bits per heavy atom. The minimum atomic E-state index is 0.0355. The third-order valence-corrected chi connectivity index (χ3v) is 2.97. The van der Waals surface area contributed by atoms with E-state index in [0.717, 1.165) is 11.4 Å². The van der Waals surface area contributed by atoms with Gasteiger partial charge >= 0.3 is 0 Å². The van der Waals surface area contributed by atoms with Gasteiger partial charge in [0.05, 0.1) is 24.2 Å². The van der Waals surface area contributed by atoms with Crippen LogP contribution < -0.4 is 10.6 Å². The molecule has 0 unspecified atom stereocenters. The highest BCUT2D eigenvalue weighted by Gasteiger charge is 2.11. The van der Waals surface area contributed by atoms with Gasteiger partial charge in [0.2, 0.25) is 5.95 Å². The molecule has 0 radical (unpaired) electrons. The van der Waals surface area contributed by atoms with Gasteiger partial charge in [0.15, 0.2) is 11.5 Å². The Labute approximate surface area is 120 Å². The number of anilines is 2. The van der Waals surface area contributed by atoms with Gasteiger partial charge in [-0.1, -0.05) is 0 Å². The van der Waals surface area contributed by atoms with Crippen LogP contribution in [0.25, 0.3) is 17.0 Å². The van der Waals surface area contributed by atoms with E-state index in [2.05, 4.69) is 30.6 Å². The van der Waals surface area contributed by atoms with Crippen molar-refractivity contribution in [1.29, 1.82) is 0 Å². The maximum absolute atomic E-state index is 8.90. The SMILES string of the molecule is CNc1nccc(-c2cnc3c(NCCO)nccn23)n1. The first-order valence-corrected chi connectivity index (χ1v) is 6.51. The molecule has 0 fully saturated rings. The summed E-state index contributed by atoms with van der Waals surface area (Å²) in [7, 11) is 1.77. The Balaban J connectivity index is 2.07. The largest absolute Gasteiger partial charge is 0.395 e. The number of rotatable bonds is 5. The third-order valence-electron chi connectivity index (χ3n) is 2.97. The van der Waals surface area contributed by atoms with Crippen LogP contribution in [-0.2, 0) is 0 Å². The first-order chi connectivity index (χ1) is 10.3. The lowest BCUT2D eigenvalue weighted by molar-refractivity contribution is 0.311. The van der Waals surface area contributed by atoms with E-state index < -0.39 is 0 Å². The second-order valence-corrected chi connectivity index (χ2v) is 4.28. The number of aliphatic hydroxyl groups is 1. The Hall–Kier alpha value is -2.74. The summed E-state index contributed by atoms with van der Waals surface area (Å²) in [6.07, 6.45) is 6.93. The summed E-state index contributed by atoms with van der Waals surface area (Å²) < 4.78 is 1.90. The zero-order chi connectivity index (χ0) is 14.7. The molecule has 108 valence electrons. The van der Waals surface area contributed by atoms with Crippen LogP contribution in [-0.4, -0.2) is 49.6 Å². The Bertz CT molecular complexity index is 755. The molecule has 0 aliphatic carbocycles. The maximum Gasteiger partial charge on any atom is 0.222 e. The third kappa shape index (κ3) is 2.48. The van der Waals surface area contributed by atoms with Crippen molar-refractivity contribution >= 4 is 17.4 Å². The quantitative estimate of drug-likeness (QED) is 0.632. The van der Waals surface area contributed by atoms with Gasteiger partial charge in [-0.2, -0.15) is 0 Å². The van der Waals surface area contributed by atoms with Gasteiger partial charge in [-0.15, -0.1) is 0 Å². The lowest BCUT2D eigenvalue weighted by atomic mass is 10.3. The monoisotopic (exact) mass is 285 g/mol. The fraction of sp³-hybridized carbons (Fsp3) is 0.231. The molecule has 0 aliphatic rings. The smallest absolute Gasteiger partial charge is 0.222 e. The molecule has 3 heterocycles. The molecule has 0 saturated carbocycles. The standard InChI is InChI=1S/C13H15N7O/c1-14-13-17-3-2-9(19-13)10-8-18-12-11(16-5-7-21)15-4-6-20(10)12/h2-4,6,8,21H,5,7H2,1H3,(H,15,16)(H,14,17,19). The summed E-state index contributed by atoms with van der Waals surface area (Å²) in [5.41, 5.74) is 2.30. The second-order valence-electron chi connectivity index (χ2n) is 4.28. The number of fused-ring (bicyclic) bond motifs is 1. The predicted octanol–water partition coefficient (Wildman–Crippen LogP) is 0.632. The number of nitrogens with one attached hydrogen (secondary N) is 2. The van der Waals surface area contributed by atoms with Crippen LogP contribution >= 0.6 is 0 Å². The fourth-order valence-electron chi connectivity index (χ4n) is 2.03. The second kappa shape index (κ2) is 5.71. The van der Waals surface area contributed by atoms with Crippen LogP contribution in [0.3, 0.4) is 0 Å². The number of aromatic nitrogens is 5. The van der Waals surface area contributed by atoms with Crippen molar-refractivity contribution in [2.45, 2.75) is 0 Å². The normalized spacial score (nSPS) is 10.8. The summed E-state index contributed by atoms with van der Waals surface area (Å²) in [6.45, 7) is 0.458. The van der Waals surface area contributed by atoms with Crippen molar-refractivity contribution < 1.29 is 5.11 Å². The van der Waals surface area contributed by atoms with Gasteiger partial charge in [-0.05, 0) is 6.07 Å². The summed E-state index contributed by atoms with van der Waals surface area (Å²) in [4.78, 5) is 17.1. The van der Waals surface area contributed by atoms with Crippen molar-refractivity contribution in [1.82, 2.24) is 24.3 Å². The van der Waals surface area contributed by atoms with Crippen LogP contribution in [0.2, 0.25) is 0 Å². The van der Waals surface area contributed by atoms with Gasteiger partial charge < -0.3 is 15.7 Å². The highest BCUT2D eigenvalue weighted by molar-refractivity contribution is 5.69. The number of hydrogen-bond acceptors (Lipinski definition) is 7. The molecular formula is C13H15N7O. The van der Waals surface area contributed by atoms with Crippen molar-refractivity contribution in [2.24, 2.45) is 0 Å². The Morgan fingerprint density at radius 2 is 2.14 bits per heavy atom. The highest BCUT2D eigenvalue weighted by Crippen LogP contribution is 2.22. The molecule has 3 aromatic heterocycles. The van der Waals surface area contributed by atoms with E-state index in [4.69, 9.17) is 5.11 Å². The van der Waals surface area contributed by atoms with Crippen LogP contribution in [0.1, 0.15) is 0 Å². The molecule has 0 aromatic carbocycles. The molecule has 3 N–H and O–H groups in total. The number of aliphatic hydroxyl groups excluding tert-OH is 1. The Kier molecular flexibility index (Phi) is 3.61. The number of hydrogen-bond donors (Lipinski definition) is 3. The molecule has 0 spiro atoms. The minimum absolute atomic E-state index is 0.0355. The molecule has 3 aromatic rings. The van der Waals surface area contributed by atoms with Gasteiger partial charge in [-0.3, -0.25) is 4.40 Å². The summed E-state index contributed by atoms with van der Waals surface area (Å²) in [5.74, 6) is 1.18. The van der Waals surface area contributed by atoms with Crippen LogP contribution in [0.4, 0.5) is 11.8 Å². The first kappa shape index (κ1) is 13.3. The number of nitrogens with zero attached hydrogens (tertiary/aromatic N) is 5. The summed E-state index contributed by atoms with van der Waals surface area (Å²) >= 11 is 0. The van der Waals surface area contributed by atoms with E-state index in [0.29, 0.717) is 24.0 Å². The molecule has 3 rings (SSSR count). The molecule has 8 nitrogen and oxygen atoms in total. The first-order valence-electron chi connectivity index (χ1n) is 6.51. The van der Waals surface area contributed by atoms with E-state index in [1.165, 1.54) is 0 Å². The number of imidazole rings is 1. The molecule has 0 saturated heterocycles. The van der Waals surface area contributed by atoms with E-state index in [1.54, 1.807) is 25.6 Å². The average Bonchev–Trinajstić information content (AvgIpc) is 2.97. The zero-order valence-electron chi connectivity index (χ0n) is 11.5. The molecule has 0 atom stereocenters. The van der Waals surface area contributed by atoms with Crippen LogP contribution in [0.15, 0.2) is 30.9 Å². The van der Waals surface area contributed by atoms with Gasteiger partial charge in [0.1, 0.15) is 0 Å². The van der Waals surface area contributed by atoms with Crippen molar-refractivity contribution in [2.75, 3.05) is 30.8 Å². The molecule has 21 heavy (non-hydrogen) atoms. The summed E-state index contributed by atoms with van der Waals surface area (Å²) in [6, 6.07) is 1.82. The maximum atomic E-state index is 8.90. The molecule has 0 aliphatic heterocycles. The topological polar surface area (TPSA) is 100 Å². The van der Waals surface area contributed by atoms with E-state index in [9.17, 15) is 0 Å². The van der Waals surface area contributed by atoms with E-state index in [1.807, 2.05) is 16.7 Å². The van der Waals surface area contributed by atoms with Crippen molar-refractivity contribution in [3.8, 4) is 11.4 Å². The fourth-order valence-corrected chi connectivity index (χ4v) is 2.03. The highest BCUT2D eigenvalue weighted by atomic mass is 16.3. The average molecular weight is 285 g/mol. The Morgan fingerprint density at radius 3 is 2.95 bits per heavy atom. The lowest BCUT2D eigenvalue weighted by Gasteiger charge is -2.06. The van der Waals surface area contributed by atoms with Crippen molar-refractivity contribution in [3.63, 3.8) is 0 Å². The van der Waals surface area contributed by atoms with Gasteiger partial charge in [0.25, 0.3) is 0 Å². The summed E-state index contributed by atoms with van der Waals surface area (Å²) in [5, 5.41) is 14.8. The predicted molar refractivity (Wildman–Crippen MR) is 79.1 cm³/mol. The van der Waals surface area contributed by atoms with Crippen LogP contribution in [0.5, 0.6) is 0 Å². The van der Waals surface area contributed by atoms with Gasteiger partial charge in [-0.25, -0.2) is 19.9 Å². The lowest BCUT2D eigenvalue weighted by Crippen LogP contribution is -2.08. The van der Waals surface area contributed by atoms with E-state index in [-0.39, 0.29) is 6.61 Å². The molecular weight excluding hydrogens is 270 g/mol. The van der Waals surface area contributed by atoms with E-state index >= 15 is 0 Å².